The standard InChI is InChI=1S/C23H21F7N4O3/c1-12(14-8-15(22(25,26)27)10-16(9-14)23(28,29)30)37-20-19(13-2-4-17(24)5-3-13)34(6-7-36-20)11-18-31-21(35)33-32-18/h2-5,8-10,12,19-20H,6-7,11H2,1H3,(H2,31,32,33,35)/t12-,19+,20+/m0/s1. The number of alkyl halides is 6. The zero-order valence-corrected chi connectivity index (χ0v) is 19.2. The van der Waals surface area contributed by atoms with Crippen molar-refractivity contribution in [2.45, 2.75) is 44.3 Å². The number of morpholine rings is 1. The van der Waals surface area contributed by atoms with Crippen LogP contribution in [0.5, 0.6) is 0 Å². The van der Waals surface area contributed by atoms with Gasteiger partial charge >= 0.3 is 18.0 Å². The summed E-state index contributed by atoms with van der Waals surface area (Å²) in [4.78, 5) is 15.7. The van der Waals surface area contributed by atoms with Gasteiger partial charge in [0.1, 0.15) is 11.6 Å². The van der Waals surface area contributed by atoms with E-state index in [1.54, 1.807) is 4.90 Å². The van der Waals surface area contributed by atoms with E-state index in [2.05, 4.69) is 15.2 Å². The molecule has 0 unspecified atom stereocenters. The van der Waals surface area contributed by atoms with E-state index in [1.165, 1.54) is 31.2 Å². The van der Waals surface area contributed by atoms with Crippen LogP contribution in [0.15, 0.2) is 47.3 Å². The van der Waals surface area contributed by atoms with Crippen LogP contribution in [0, 0.1) is 5.82 Å². The van der Waals surface area contributed by atoms with Crippen LogP contribution in [0.1, 0.15) is 47.1 Å². The highest BCUT2D eigenvalue weighted by molar-refractivity contribution is 5.34. The number of ether oxygens (including phenoxy) is 2. The lowest BCUT2D eigenvalue weighted by Crippen LogP contribution is -2.46. The molecule has 1 aliphatic heterocycles. The first-order valence-electron chi connectivity index (χ1n) is 11.0. The summed E-state index contributed by atoms with van der Waals surface area (Å²) in [6.07, 6.45) is -12.4. The summed E-state index contributed by atoms with van der Waals surface area (Å²) in [5.41, 5.74) is -3.30. The highest BCUT2D eigenvalue weighted by atomic mass is 19.4. The zero-order valence-electron chi connectivity index (χ0n) is 19.2. The fourth-order valence-corrected chi connectivity index (χ4v) is 4.07. The van der Waals surface area contributed by atoms with Crippen LogP contribution >= 0.6 is 0 Å². The largest absolute Gasteiger partial charge is 0.416 e. The van der Waals surface area contributed by atoms with Gasteiger partial charge in [-0.25, -0.2) is 14.3 Å². The number of benzene rings is 2. The monoisotopic (exact) mass is 534 g/mol. The van der Waals surface area contributed by atoms with Gasteiger partial charge < -0.3 is 9.47 Å². The zero-order chi connectivity index (χ0) is 27.0. The molecule has 7 nitrogen and oxygen atoms in total. The van der Waals surface area contributed by atoms with Gasteiger partial charge in [0.05, 0.1) is 36.4 Å². The van der Waals surface area contributed by atoms with Gasteiger partial charge in [-0.15, -0.1) is 0 Å². The van der Waals surface area contributed by atoms with E-state index in [-0.39, 0.29) is 30.6 Å². The Morgan fingerprint density at radius 1 is 1.08 bits per heavy atom. The van der Waals surface area contributed by atoms with Crippen molar-refractivity contribution < 1.29 is 40.2 Å². The van der Waals surface area contributed by atoms with Crippen LogP contribution in [0.3, 0.4) is 0 Å². The summed E-state index contributed by atoms with van der Waals surface area (Å²) >= 11 is 0. The molecule has 0 spiro atoms. The van der Waals surface area contributed by atoms with Crippen LogP contribution in [-0.2, 0) is 28.4 Å². The van der Waals surface area contributed by atoms with E-state index in [9.17, 15) is 35.5 Å². The molecule has 37 heavy (non-hydrogen) atoms. The summed E-state index contributed by atoms with van der Waals surface area (Å²) < 4.78 is 105. The van der Waals surface area contributed by atoms with Gasteiger partial charge in [-0.3, -0.25) is 9.88 Å². The number of hydrogen-bond acceptors (Lipinski definition) is 5. The fraction of sp³-hybridized carbons (Fsp3) is 0.391. The molecule has 0 aliphatic carbocycles. The number of nitrogens with zero attached hydrogens (tertiary/aromatic N) is 2. The van der Waals surface area contributed by atoms with E-state index < -0.39 is 53.4 Å². The van der Waals surface area contributed by atoms with Crippen molar-refractivity contribution in [3.05, 3.63) is 86.8 Å². The third kappa shape index (κ3) is 6.37. The van der Waals surface area contributed by atoms with E-state index in [4.69, 9.17) is 9.47 Å². The van der Waals surface area contributed by atoms with Gasteiger partial charge in [-0.1, -0.05) is 12.1 Å². The van der Waals surface area contributed by atoms with Crippen LogP contribution in [0.4, 0.5) is 30.7 Å². The Kier molecular flexibility index (Phi) is 7.44. The Hall–Kier alpha value is -3.23. The smallest absolute Gasteiger partial charge is 0.349 e. The molecule has 2 N–H and O–H groups in total. The van der Waals surface area contributed by atoms with Crippen molar-refractivity contribution in [3.8, 4) is 0 Å². The van der Waals surface area contributed by atoms with Gasteiger partial charge in [-0.2, -0.15) is 31.4 Å². The number of halogens is 7. The second-order valence-corrected chi connectivity index (χ2v) is 8.45. The molecule has 3 aromatic rings. The van der Waals surface area contributed by atoms with E-state index in [1.807, 2.05) is 0 Å². The first kappa shape index (κ1) is 26.8. The highest BCUT2D eigenvalue weighted by Gasteiger charge is 2.39. The van der Waals surface area contributed by atoms with Crippen molar-refractivity contribution >= 4 is 0 Å². The van der Waals surface area contributed by atoms with Crippen LogP contribution in [0.25, 0.3) is 0 Å². The van der Waals surface area contributed by atoms with E-state index in [0.29, 0.717) is 24.2 Å². The van der Waals surface area contributed by atoms with E-state index in [0.717, 1.165) is 0 Å². The highest BCUT2D eigenvalue weighted by Crippen LogP contribution is 2.39. The molecule has 14 heteroatoms. The summed E-state index contributed by atoms with van der Waals surface area (Å²) in [5, 5.41) is 6.10. The van der Waals surface area contributed by atoms with Crippen molar-refractivity contribution in [2.24, 2.45) is 0 Å². The lowest BCUT2D eigenvalue weighted by atomic mass is 10.0. The van der Waals surface area contributed by atoms with Crippen molar-refractivity contribution in [1.82, 2.24) is 20.1 Å². The predicted molar refractivity (Wildman–Crippen MR) is 114 cm³/mol. The van der Waals surface area contributed by atoms with Crippen molar-refractivity contribution in [3.63, 3.8) is 0 Å². The average Bonchev–Trinajstić information content (AvgIpc) is 3.23. The third-order valence-electron chi connectivity index (χ3n) is 5.84. The summed E-state index contributed by atoms with van der Waals surface area (Å²) in [5.74, 6) is -0.239. The Morgan fingerprint density at radius 2 is 1.70 bits per heavy atom. The summed E-state index contributed by atoms with van der Waals surface area (Å²) in [6, 6.07) is 5.79. The molecule has 4 rings (SSSR count). The number of H-pyrrole nitrogens is 2. The van der Waals surface area contributed by atoms with Crippen LogP contribution in [-0.4, -0.2) is 39.5 Å². The lowest BCUT2D eigenvalue weighted by molar-refractivity contribution is -0.231. The predicted octanol–water partition coefficient (Wildman–Crippen LogP) is 4.95. The minimum absolute atomic E-state index is 0.0427. The maximum absolute atomic E-state index is 13.6. The van der Waals surface area contributed by atoms with Gasteiger partial charge in [-0.05, 0) is 48.4 Å². The van der Waals surface area contributed by atoms with Gasteiger partial charge in [0, 0.05) is 6.54 Å². The molecule has 0 saturated carbocycles. The van der Waals surface area contributed by atoms with E-state index >= 15 is 0 Å². The van der Waals surface area contributed by atoms with Gasteiger partial charge in [0.15, 0.2) is 6.29 Å². The molecule has 0 amide bonds. The quantitative estimate of drug-likeness (QED) is 0.438. The van der Waals surface area contributed by atoms with Crippen molar-refractivity contribution in [1.29, 1.82) is 0 Å². The number of nitrogens with one attached hydrogen (secondary N) is 2. The Labute approximate surface area is 205 Å². The Balaban J connectivity index is 1.66. The third-order valence-corrected chi connectivity index (χ3v) is 5.84. The first-order valence-corrected chi connectivity index (χ1v) is 11.0. The number of hydrogen-bond donors (Lipinski definition) is 2. The number of aromatic nitrogens is 3. The lowest BCUT2D eigenvalue weighted by Gasteiger charge is -2.41. The minimum atomic E-state index is -5.01. The second-order valence-electron chi connectivity index (χ2n) is 8.45. The second kappa shape index (κ2) is 10.3. The average molecular weight is 534 g/mol. The molecule has 3 atom stereocenters. The topological polar surface area (TPSA) is 83.2 Å². The molecule has 2 heterocycles. The molecular formula is C23H21F7N4O3. The molecule has 0 radical (unpaired) electrons. The van der Waals surface area contributed by atoms with Crippen LogP contribution in [0.2, 0.25) is 0 Å². The SMILES string of the molecule is C[C@H](O[C@H]1OCCN(Cc2n[nH]c(=O)[nH]2)[C@@H]1c1ccc(F)cc1)c1cc(C(F)(F)F)cc(C(F)(F)F)c1. The number of aromatic amines is 2. The Morgan fingerprint density at radius 3 is 2.24 bits per heavy atom. The summed E-state index contributed by atoms with van der Waals surface area (Å²) in [7, 11) is 0. The van der Waals surface area contributed by atoms with Crippen molar-refractivity contribution in [2.75, 3.05) is 13.2 Å². The van der Waals surface area contributed by atoms with Crippen LogP contribution < -0.4 is 5.69 Å². The molecule has 1 fully saturated rings. The molecule has 2 aromatic carbocycles. The van der Waals surface area contributed by atoms with Gasteiger partial charge in [0.2, 0.25) is 0 Å². The first-order chi connectivity index (χ1) is 17.3. The molecular weight excluding hydrogens is 513 g/mol. The van der Waals surface area contributed by atoms with Gasteiger partial charge in [0.25, 0.3) is 0 Å². The molecule has 1 aliphatic rings. The molecule has 200 valence electrons. The minimum Gasteiger partial charge on any atom is -0.349 e. The normalized spacial score (nSPS) is 20.2. The molecule has 1 saturated heterocycles. The molecule has 0 bridgehead atoms. The number of rotatable bonds is 6. The maximum Gasteiger partial charge on any atom is 0.416 e. The summed E-state index contributed by atoms with van der Waals surface area (Å²) in [6.45, 7) is 1.82. The fourth-order valence-electron chi connectivity index (χ4n) is 4.07. The maximum atomic E-state index is 13.6. The Bertz CT molecular complexity index is 1240. The molecule has 1 aromatic heterocycles.